The van der Waals surface area contributed by atoms with Crippen LogP contribution in [0.4, 0.5) is 0 Å². The predicted octanol–water partition coefficient (Wildman–Crippen LogP) is 1.53. The molecule has 8 heteroatoms. The molecule has 0 aromatic heterocycles. The lowest BCUT2D eigenvalue weighted by Gasteiger charge is -2.06. The van der Waals surface area contributed by atoms with E-state index in [2.05, 4.69) is 0 Å². The smallest absolute Gasteiger partial charge is 0.346 e. The lowest BCUT2D eigenvalue weighted by atomic mass is 10.1. The van der Waals surface area contributed by atoms with E-state index < -0.39 is 23.9 Å². The van der Waals surface area contributed by atoms with E-state index in [1.807, 2.05) is 0 Å². The van der Waals surface area contributed by atoms with Gasteiger partial charge in [-0.1, -0.05) is 6.07 Å². The van der Waals surface area contributed by atoms with Crippen LogP contribution in [-0.2, 0) is 9.47 Å². The first-order chi connectivity index (χ1) is 12.4. The topological polar surface area (TPSA) is 127 Å². The highest BCUT2D eigenvalue weighted by atomic mass is 16.6. The second-order valence-corrected chi connectivity index (χ2v) is 5.00. The summed E-state index contributed by atoms with van der Waals surface area (Å²) in [7, 11) is 0. The third-order valence-corrected chi connectivity index (χ3v) is 3.21. The first-order valence-corrected chi connectivity index (χ1v) is 7.40. The molecule has 0 fully saturated rings. The molecule has 0 amide bonds. The van der Waals surface area contributed by atoms with E-state index in [1.165, 1.54) is 48.5 Å². The Balaban J connectivity index is 2.08. The molecule has 0 radical (unpaired) electrons. The molecule has 0 atom stereocenters. The average molecular weight is 358 g/mol. The van der Waals surface area contributed by atoms with Crippen molar-refractivity contribution in [3.8, 4) is 0 Å². The van der Waals surface area contributed by atoms with Crippen molar-refractivity contribution in [1.29, 1.82) is 0 Å². The number of carbonyl (C=O) groups is 4. The SMILES string of the molecule is O=C(O)c1ccc(C(=O)OC(=O)c2cccc(C(=O)OCCO)c2)cc1. The zero-order valence-corrected chi connectivity index (χ0v) is 13.4. The molecule has 0 aliphatic carbocycles. The molecule has 0 saturated carbocycles. The van der Waals surface area contributed by atoms with Gasteiger partial charge in [0.1, 0.15) is 6.61 Å². The van der Waals surface area contributed by atoms with Crippen LogP contribution in [0.2, 0.25) is 0 Å². The summed E-state index contributed by atoms with van der Waals surface area (Å²) < 4.78 is 9.46. The van der Waals surface area contributed by atoms with E-state index in [-0.39, 0.29) is 35.5 Å². The highest BCUT2D eigenvalue weighted by Gasteiger charge is 2.17. The molecule has 26 heavy (non-hydrogen) atoms. The molecule has 0 aliphatic rings. The summed E-state index contributed by atoms with van der Waals surface area (Å²) in [6, 6.07) is 10.2. The summed E-state index contributed by atoms with van der Waals surface area (Å²) in [4.78, 5) is 46.5. The Labute approximate surface area is 147 Å². The van der Waals surface area contributed by atoms with Gasteiger partial charge in [0.2, 0.25) is 0 Å². The molecule has 8 nitrogen and oxygen atoms in total. The summed E-state index contributed by atoms with van der Waals surface area (Å²) in [6.07, 6.45) is 0. The van der Waals surface area contributed by atoms with Gasteiger partial charge in [0, 0.05) is 0 Å². The number of carboxylic acids is 1. The van der Waals surface area contributed by atoms with Gasteiger partial charge in [-0.15, -0.1) is 0 Å². The van der Waals surface area contributed by atoms with Crippen LogP contribution in [0.3, 0.4) is 0 Å². The third kappa shape index (κ3) is 4.74. The second-order valence-electron chi connectivity index (χ2n) is 5.00. The molecule has 2 rings (SSSR count). The van der Waals surface area contributed by atoms with Crippen molar-refractivity contribution in [2.75, 3.05) is 13.2 Å². The number of benzene rings is 2. The van der Waals surface area contributed by atoms with E-state index in [9.17, 15) is 19.2 Å². The predicted molar refractivity (Wildman–Crippen MR) is 87.0 cm³/mol. The van der Waals surface area contributed by atoms with Gasteiger partial charge in [0.05, 0.1) is 28.9 Å². The number of ether oxygens (including phenoxy) is 2. The van der Waals surface area contributed by atoms with Crippen molar-refractivity contribution >= 4 is 23.9 Å². The van der Waals surface area contributed by atoms with Gasteiger partial charge < -0.3 is 19.7 Å². The van der Waals surface area contributed by atoms with Crippen LogP contribution in [0, 0.1) is 0 Å². The maximum atomic E-state index is 12.1. The van der Waals surface area contributed by atoms with Crippen LogP contribution in [0.1, 0.15) is 41.4 Å². The zero-order valence-electron chi connectivity index (χ0n) is 13.4. The summed E-state index contributed by atoms with van der Waals surface area (Å²) in [5.41, 5.74) is 0.00828. The van der Waals surface area contributed by atoms with Gasteiger partial charge >= 0.3 is 23.9 Å². The quantitative estimate of drug-likeness (QED) is 0.588. The molecule has 0 unspecified atom stereocenters. The minimum atomic E-state index is -1.15. The van der Waals surface area contributed by atoms with E-state index in [1.54, 1.807) is 0 Å². The summed E-state index contributed by atoms with van der Waals surface area (Å²) >= 11 is 0. The normalized spacial score (nSPS) is 10.0. The average Bonchev–Trinajstić information content (AvgIpc) is 2.66. The molecule has 0 spiro atoms. The maximum Gasteiger partial charge on any atom is 0.346 e. The molecule has 0 heterocycles. The third-order valence-electron chi connectivity index (χ3n) is 3.21. The molecule has 2 N–H and O–H groups in total. The molecular weight excluding hydrogens is 344 g/mol. The Bertz CT molecular complexity index is 839. The standard InChI is InChI=1S/C18H14O8/c19-8-9-25-16(22)13-2-1-3-14(10-13)18(24)26-17(23)12-6-4-11(5-7-12)15(20)21/h1-7,10,19H,8-9H2,(H,20,21). The number of rotatable bonds is 6. The molecule has 2 aromatic rings. The molecule has 0 aliphatic heterocycles. The van der Waals surface area contributed by atoms with E-state index in [0.29, 0.717) is 0 Å². The van der Waals surface area contributed by atoms with E-state index in [0.717, 1.165) is 0 Å². The largest absolute Gasteiger partial charge is 0.478 e. The number of aromatic carboxylic acids is 1. The lowest BCUT2D eigenvalue weighted by Crippen LogP contribution is -2.14. The van der Waals surface area contributed by atoms with Crippen LogP contribution in [0.5, 0.6) is 0 Å². The molecule has 2 aromatic carbocycles. The van der Waals surface area contributed by atoms with Gasteiger partial charge in [0.25, 0.3) is 0 Å². The number of hydrogen-bond donors (Lipinski definition) is 2. The fourth-order valence-electron chi connectivity index (χ4n) is 1.95. The minimum Gasteiger partial charge on any atom is -0.478 e. The van der Waals surface area contributed by atoms with Crippen LogP contribution in [0.25, 0.3) is 0 Å². The molecule has 0 saturated heterocycles. The minimum absolute atomic E-state index is 0.00172. The Hall–Kier alpha value is -3.52. The summed E-state index contributed by atoms with van der Waals surface area (Å²) in [6.45, 7) is -0.513. The van der Waals surface area contributed by atoms with Crippen molar-refractivity contribution in [1.82, 2.24) is 0 Å². The Morgan fingerprint density at radius 2 is 1.31 bits per heavy atom. The molecule has 134 valence electrons. The van der Waals surface area contributed by atoms with E-state index in [4.69, 9.17) is 19.7 Å². The number of aliphatic hydroxyl groups excluding tert-OH is 1. The highest BCUT2D eigenvalue weighted by Crippen LogP contribution is 2.11. The van der Waals surface area contributed by atoms with Gasteiger partial charge in [-0.2, -0.15) is 0 Å². The summed E-state index contributed by atoms with van der Waals surface area (Å²) in [5, 5.41) is 17.4. The maximum absolute atomic E-state index is 12.1. The fraction of sp³-hybridized carbons (Fsp3) is 0.111. The van der Waals surface area contributed by atoms with E-state index >= 15 is 0 Å². The Morgan fingerprint density at radius 1 is 0.769 bits per heavy atom. The van der Waals surface area contributed by atoms with Gasteiger partial charge in [0.15, 0.2) is 0 Å². The van der Waals surface area contributed by atoms with Crippen LogP contribution in [0.15, 0.2) is 48.5 Å². The van der Waals surface area contributed by atoms with Crippen molar-refractivity contribution in [2.24, 2.45) is 0 Å². The first-order valence-electron chi connectivity index (χ1n) is 7.40. The van der Waals surface area contributed by atoms with Crippen molar-refractivity contribution in [3.05, 3.63) is 70.8 Å². The highest BCUT2D eigenvalue weighted by molar-refractivity contribution is 6.04. The van der Waals surface area contributed by atoms with Gasteiger partial charge in [-0.25, -0.2) is 19.2 Å². The number of esters is 3. The van der Waals surface area contributed by atoms with Crippen LogP contribution in [-0.4, -0.2) is 47.3 Å². The number of carboxylic acid groups (broad SMARTS) is 1. The van der Waals surface area contributed by atoms with Crippen molar-refractivity contribution in [2.45, 2.75) is 0 Å². The monoisotopic (exact) mass is 358 g/mol. The number of carbonyl (C=O) groups excluding carboxylic acids is 3. The number of aliphatic hydroxyl groups is 1. The lowest BCUT2D eigenvalue weighted by molar-refractivity contribution is 0.0396. The van der Waals surface area contributed by atoms with Gasteiger partial charge in [-0.05, 0) is 42.5 Å². The Morgan fingerprint density at radius 3 is 1.88 bits per heavy atom. The van der Waals surface area contributed by atoms with Crippen LogP contribution < -0.4 is 0 Å². The zero-order chi connectivity index (χ0) is 19.1. The molecular formula is C18H14O8. The van der Waals surface area contributed by atoms with Crippen LogP contribution >= 0.6 is 0 Å². The second kappa shape index (κ2) is 8.54. The first kappa shape index (κ1) is 18.8. The van der Waals surface area contributed by atoms with Gasteiger partial charge in [-0.3, -0.25) is 0 Å². The van der Waals surface area contributed by atoms with Crippen molar-refractivity contribution < 1.29 is 38.9 Å². The molecule has 0 bridgehead atoms. The number of hydrogen-bond acceptors (Lipinski definition) is 7. The van der Waals surface area contributed by atoms with Crippen molar-refractivity contribution in [3.63, 3.8) is 0 Å². The Kier molecular flexibility index (Phi) is 6.18. The fourth-order valence-corrected chi connectivity index (χ4v) is 1.95. The summed E-state index contributed by atoms with van der Waals surface area (Å²) in [5.74, 6) is -3.82.